The summed E-state index contributed by atoms with van der Waals surface area (Å²) >= 11 is 0. The number of benzene rings is 1. The van der Waals surface area contributed by atoms with E-state index < -0.39 is 0 Å². The predicted octanol–water partition coefficient (Wildman–Crippen LogP) is 2.56. The van der Waals surface area contributed by atoms with E-state index in [4.69, 9.17) is 10.5 Å². The van der Waals surface area contributed by atoms with Gasteiger partial charge in [-0.1, -0.05) is 26.0 Å². The number of nitrogens with one attached hydrogen (secondary N) is 1. The third-order valence-electron chi connectivity index (χ3n) is 4.26. The topological polar surface area (TPSA) is 64.3 Å². The summed E-state index contributed by atoms with van der Waals surface area (Å²) in [5, 5.41) is 3.01. The van der Waals surface area contributed by atoms with Crippen LogP contribution >= 0.6 is 0 Å². The summed E-state index contributed by atoms with van der Waals surface area (Å²) < 4.78 is 5.70. The highest BCUT2D eigenvalue weighted by atomic mass is 16.5. The van der Waals surface area contributed by atoms with Crippen LogP contribution in [0.2, 0.25) is 0 Å². The summed E-state index contributed by atoms with van der Waals surface area (Å²) in [6, 6.07) is 5.94. The first-order valence-corrected chi connectivity index (χ1v) is 7.50. The van der Waals surface area contributed by atoms with Gasteiger partial charge in [0.2, 0.25) is 5.91 Å². The lowest BCUT2D eigenvalue weighted by atomic mass is 9.88. The zero-order valence-electron chi connectivity index (χ0n) is 13.8. The number of rotatable bonds is 7. The monoisotopic (exact) mass is 292 g/mol. The molecular weight excluding hydrogens is 264 g/mol. The van der Waals surface area contributed by atoms with Crippen LogP contribution in [0, 0.1) is 19.8 Å². The number of hydrogen-bond acceptors (Lipinski definition) is 3. The Kier molecular flexibility index (Phi) is 6.21. The van der Waals surface area contributed by atoms with Crippen LogP contribution in [0.15, 0.2) is 18.2 Å². The number of hydrogen-bond donors (Lipinski definition) is 2. The molecule has 1 amide bonds. The van der Waals surface area contributed by atoms with E-state index in [2.05, 4.69) is 19.2 Å². The molecule has 0 aromatic heterocycles. The van der Waals surface area contributed by atoms with Gasteiger partial charge in [0, 0.05) is 6.54 Å². The smallest absolute Gasteiger partial charge is 0.223 e. The molecule has 118 valence electrons. The van der Waals surface area contributed by atoms with Gasteiger partial charge in [0.1, 0.15) is 5.75 Å². The van der Waals surface area contributed by atoms with Crippen LogP contribution in [0.3, 0.4) is 0 Å². The molecule has 1 aromatic rings. The van der Waals surface area contributed by atoms with Crippen molar-refractivity contribution in [3.8, 4) is 5.75 Å². The highest BCUT2D eigenvalue weighted by molar-refractivity contribution is 5.77. The molecule has 0 aliphatic rings. The summed E-state index contributed by atoms with van der Waals surface area (Å²) in [6.45, 7) is 10.9. The summed E-state index contributed by atoms with van der Waals surface area (Å²) in [7, 11) is 0. The van der Waals surface area contributed by atoms with Gasteiger partial charge in [-0.3, -0.25) is 4.79 Å². The second-order valence-corrected chi connectivity index (χ2v) is 6.12. The molecule has 21 heavy (non-hydrogen) atoms. The fourth-order valence-electron chi connectivity index (χ4n) is 1.95. The SMILES string of the molecule is Cc1cccc(OCCC(=O)NC(C)(CN)C(C)C)c1C. The van der Waals surface area contributed by atoms with Crippen molar-refractivity contribution in [3.05, 3.63) is 29.3 Å². The van der Waals surface area contributed by atoms with Crippen LogP contribution in [-0.2, 0) is 4.79 Å². The summed E-state index contributed by atoms with van der Waals surface area (Å²) in [6.07, 6.45) is 0.329. The minimum Gasteiger partial charge on any atom is -0.493 e. The second kappa shape index (κ2) is 7.46. The number of carbonyl (C=O) groups excluding carboxylic acids is 1. The number of nitrogens with two attached hydrogens (primary N) is 1. The van der Waals surface area contributed by atoms with Crippen LogP contribution in [0.25, 0.3) is 0 Å². The van der Waals surface area contributed by atoms with Crippen LogP contribution in [-0.4, -0.2) is 24.6 Å². The van der Waals surface area contributed by atoms with Crippen LogP contribution in [0.5, 0.6) is 5.75 Å². The van der Waals surface area contributed by atoms with E-state index in [0.29, 0.717) is 19.6 Å². The molecule has 0 bridgehead atoms. The van der Waals surface area contributed by atoms with Crippen molar-refractivity contribution >= 4 is 5.91 Å². The Hall–Kier alpha value is -1.55. The van der Waals surface area contributed by atoms with Crippen LogP contribution in [0.4, 0.5) is 0 Å². The molecule has 0 spiro atoms. The average Bonchev–Trinajstić information content (AvgIpc) is 2.43. The third kappa shape index (κ3) is 4.74. The minimum atomic E-state index is -0.365. The summed E-state index contributed by atoms with van der Waals surface area (Å²) in [5.41, 5.74) is 7.71. The summed E-state index contributed by atoms with van der Waals surface area (Å²) in [4.78, 5) is 12.0. The van der Waals surface area contributed by atoms with E-state index in [0.717, 1.165) is 11.3 Å². The van der Waals surface area contributed by atoms with Crippen molar-refractivity contribution in [3.63, 3.8) is 0 Å². The number of amides is 1. The molecule has 0 aliphatic heterocycles. The number of aryl methyl sites for hydroxylation is 1. The van der Waals surface area contributed by atoms with Gasteiger partial charge in [0.25, 0.3) is 0 Å². The highest BCUT2D eigenvalue weighted by Gasteiger charge is 2.28. The summed E-state index contributed by atoms with van der Waals surface area (Å²) in [5.74, 6) is 1.10. The molecule has 1 unspecified atom stereocenters. The lowest BCUT2D eigenvalue weighted by molar-refractivity contribution is -0.123. The van der Waals surface area contributed by atoms with Gasteiger partial charge in [-0.2, -0.15) is 0 Å². The first-order chi connectivity index (χ1) is 9.80. The molecule has 0 saturated carbocycles. The molecule has 0 heterocycles. The quantitative estimate of drug-likeness (QED) is 0.812. The lowest BCUT2D eigenvalue weighted by Gasteiger charge is -2.33. The second-order valence-electron chi connectivity index (χ2n) is 6.12. The van der Waals surface area contributed by atoms with E-state index in [1.807, 2.05) is 39.0 Å². The maximum Gasteiger partial charge on any atom is 0.223 e. The first-order valence-electron chi connectivity index (χ1n) is 7.50. The molecule has 1 atom stereocenters. The standard InChI is InChI=1S/C17H28N2O2/c1-12(2)17(5,11-18)19-16(20)9-10-21-15-8-6-7-13(3)14(15)4/h6-8,12H,9-11,18H2,1-5H3,(H,19,20). The van der Waals surface area contributed by atoms with Gasteiger partial charge < -0.3 is 15.8 Å². The zero-order chi connectivity index (χ0) is 16.0. The largest absolute Gasteiger partial charge is 0.493 e. The fraction of sp³-hybridized carbons (Fsp3) is 0.588. The molecule has 4 nitrogen and oxygen atoms in total. The Morgan fingerprint density at radius 1 is 1.38 bits per heavy atom. The molecule has 0 radical (unpaired) electrons. The molecule has 4 heteroatoms. The predicted molar refractivity (Wildman–Crippen MR) is 86.5 cm³/mol. The molecule has 0 aliphatic carbocycles. The van der Waals surface area contributed by atoms with Crippen molar-refractivity contribution in [2.45, 2.75) is 46.6 Å². The van der Waals surface area contributed by atoms with E-state index >= 15 is 0 Å². The molecular formula is C17H28N2O2. The first kappa shape index (κ1) is 17.5. The number of ether oxygens (including phenoxy) is 1. The normalized spacial score (nSPS) is 13.9. The fourth-order valence-corrected chi connectivity index (χ4v) is 1.95. The van der Waals surface area contributed by atoms with Gasteiger partial charge in [-0.05, 0) is 43.9 Å². The van der Waals surface area contributed by atoms with E-state index in [9.17, 15) is 4.79 Å². The number of carbonyl (C=O) groups is 1. The van der Waals surface area contributed by atoms with Gasteiger partial charge in [-0.25, -0.2) is 0 Å². The Bertz CT molecular complexity index is 486. The highest BCUT2D eigenvalue weighted by Crippen LogP contribution is 2.20. The van der Waals surface area contributed by atoms with Gasteiger partial charge in [-0.15, -0.1) is 0 Å². The molecule has 1 aromatic carbocycles. The van der Waals surface area contributed by atoms with Crippen molar-refractivity contribution in [2.24, 2.45) is 11.7 Å². The lowest BCUT2D eigenvalue weighted by Crippen LogP contribution is -2.55. The van der Waals surface area contributed by atoms with Crippen molar-refractivity contribution in [2.75, 3.05) is 13.2 Å². The Labute approximate surface area is 128 Å². The molecule has 0 saturated heterocycles. The zero-order valence-corrected chi connectivity index (χ0v) is 13.8. The Morgan fingerprint density at radius 2 is 2.05 bits per heavy atom. The molecule has 3 N–H and O–H groups in total. The third-order valence-corrected chi connectivity index (χ3v) is 4.26. The van der Waals surface area contributed by atoms with Crippen LogP contribution in [0.1, 0.15) is 38.3 Å². The van der Waals surface area contributed by atoms with Gasteiger partial charge in [0.05, 0.1) is 18.6 Å². The van der Waals surface area contributed by atoms with Gasteiger partial charge >= 0.3 is 0 Å². The Balaban J connectivity index is 2.49. The molecule has 1 rings (SSSR count). The maximum atomic E-state index is 12.0. The van der Waals surface area contributed by atoms with Crippen molar-refractivity contribution < 1.29 is 9.53 Å². The van der Waals surface area contributed by atoms with Crippen molar-refractivity contribution in [1.82, 2.24) is 5.32 Å². The molecule has 0 fully saturated rings. The van der Waals surface area contributed by atoms with Crippen LogP contribution < -0.4 is 15.8 Å². The van der Waals surface area contributed by atoms with Gasteiger partial charge in [0.15, 0.2) is 0 Å². The minimum absolute atomic E-state index is 0.0260. The van der Waals surface area contributed by atoms with E-state index in [1.165, 1.54) is 5.56 Å². The van der Waals surface area contributed by atoms with E-state index in [1.54, 1.807) is 0 Å². The Morgan fingerprint density at radius 3 is 2.62 bits per heavy atom. The van der Waals surface area contributed by atoms with Crippen molar-refractivity contribution in [1.29, 1.82) is 0 Å². The average molecular weight is 292 g/mol. The van der Waals surface area contributed by atoms with E-state index in [-0.39, 0.29) is 17.4 Å². The maximum absolute atomic E-state index is 12.0.